The Hall–Kier alpha value is -2.11. The third-order valence-corrected chi connectivity index (χ3v) is 11.4. The minimum Gasteiger partial charge on any atom is -0.394 e. The van der Waals surface area contributed by atoms with Crippen LogP contribution in [-0.2, 0) is 14.3 Å². The van der Waals surface area contributed by atoms with Crippen LogP contribution in [0.2, 0.25) is 0 Å². The molecule has 0 spiro atoms. The minimum atomic E-state index is -1.58. The number of amides is 1. The summed E-state index contributed by atoms with van der Waals surface area (Å²) in [6, 6.07) is -0.844. The van der Waals surface area contributed by atoms with Crippen molar-refractivity contribution >= 4 is 5.91 Å². The van der Waals surface area contributed by atoms with Crippen molar-refractivity contribution in [1.29, 1.82) is 0 Å². The molecule has 348 valence electrons. The third-order valence-electron chi connectivity index (χ3n) is 11.4. The molecule has 1 aliphatic rings. The van der Waals surface area contributed by atoms with Gasteiger partial charge in [-0.3, -0.25) is 4.79 Å². The molecule has 9 heteroatoms. The van der Waals surface area contributed by atoms with Gasteiger partial charge >= 0.3 is 0 Å². The summed E-state index contributed by atoms with van der Waals surface area (Å²) in [5, 5.41) is 54.2. The molecule has 0 aromatic rings. The number of aliphatic hydroxyl groups excluding tert-OH is 5. The van der Waals surface area contributed by atoms with Gasteiger partial charge in [0.05, 0.1) is 25.4 Å². The summed E-state index contributed by atoms with van der Waals surface area (Å²) in [4.78, 5) is 12.9. The van der Waals surface area contributed by atoms with Gasteiger partial charge < -0.3 is 40.3 Å². The summed E-state index contributed by atoms with van der Waals surface area (Å²) in [7, 11) is 0. The highest BCUT2D eigenvalue weighted by Gasteiger charge is 2.44. The molecule has 1 saturated heterocycles. The highest BCUT2D eigenvalue weighted by molar-refractivity contribution is 5.76. The highest BCUT2D eigenvalue weighted by Crippen LogP contribution is 2.23. The number of aliphatic hydroxyl groups is 5. The molecule has 7 unspecified atom stereocenters. The Labute approximate surface area is 366 Å². The SMILES string of the molecule is CC/C=C\C/C=C\C/C=C\C/C=C\CCC(=O)NC(COC1OC(CO)C(O)C(O)C1O)C(O)/C=C/CCCCCCCCCCCCCCCCCCCCCCCC. The number of allylic oxidation sites excluding steroid dienone is 9. The first-order valence-corrected chi connectivity index (χ1v) is 24.5. The molecule has 1 rings (SSSR count). The molecule has 60 heavy (non-hydrogen) atoms. The summed E-state index contributed by atoms with van der Waals surface area (Å²) in [5.74, 6) is -0.258. The molecule has 9 nitrogen and oxygen atoms in total. The van der Waals surface area contributed by atoms with E-state index in [2.05, 4.69) is 55.6 Å². The summed E-state index contributed by atoms with van der Waals surface area (Å²) in [6.07, 6.45) is 47.2. The van der Waals surface area contributed by atoms with Crippen LogP contribution in [0.15, 0.2) is 60.8 Å². The molecule has 7 atom stereocenters. The molecular weight excluding hydrogens is 755 g/mol. The first-order chi connectivity index (χ1) is 29.3. The van der Waals surface area contributed by atoms with Crippen molar-refractivity contribution in [2.75, 3.05) is 13.2 Å². The van der Waals surface area contributed by atoms with Gasteiger partial charge in [0.1, 0.15) is 24.4 Å². The van der Waals surface area contributed by atoms with E-state index in [-0.39, 0.29) is 18.9 Å². The van der Waals surface area contributed by atoms with Crippen LogP contribution in [0.3, 0.4) is 0 Å². The van der Waals surface area contributed by atoms with Crippen LogP contribution in [0.1, 0.15) is 200 Å². The Balaban J connectivity index is 2.31. The summed E-state index contributed by atoms with van der Waals surface area (Å²) < 4.78 is 11.2. The van der Waals surface area contributed by atoms with E-state index in [0.29, 0.717) is 6.42 Å². The fraction of sp³-hybridized carbons (Fsp3) is 0.784. The van der Waals surface area contributed by atoms with Gasteiger partial charge in [-0.05, 0) is 44.9 Å². The quantitative estimate of drug-likeness (QED) is 0.0264. The fourth-order valence-electron chi connectivity index (χ4n) is 7.46. The number of hydrogen-bond donors (Lipinski definition) is 6. The Morgan fingerprint density at radius 1 is 0.583 bits per heavy atom. The maximum Gasteiger partial charge on any atom is 0.220 e. The molecule has 0 aromatic heterocycles. The van der Waals surface area contributed by atoms with E-state index in [4.69, 9.17) is 9.47 Å². The Kier molecular flexibility index (Phi) is 38.1. The number of hydrogen-bond acceptors (Lipinski definition) is 8. The lowest BCUT2D eigenvalue weighted by Gasteiger charge is -2.40. The maximum atomic E-state index is 12.9. The van der Waals surface area contributed by atoms with Crippen molar-refractivity contribution in [2.24, 2.45) is 0 Å². The first kappa shape index (κ1) is 55.9. The molecule has 1 fully saturated rings. The van der Waals surface area contributed by atoms with E-state index in [1.807, 2.05) is 18.2 Å². The Bertz CT molecular complexity index is 1120. The summed E-state index contributed by atoms with van der Waals surface area (Å²) in [5.41, 5.74) is 0. The van der Waals surface area contributed by atoms with Gasteiger partial charge in [-0.25, -0.2) is 0 Å². The van der Waals surface area contributed by atoms with E-state index in [9.17, 15) is 30.3 Å². The molecule has 0 saturated carbocycles. The zero-order valence-electron chi connectivity index (χ0n) is 38.2. The molecule has 1 amide bonds. The van der Waals surface area contributed by atoms with E-state index in [1.165, 1.54) is 128 Å². The Morgan fingerprint density at radius 2 is 1.03 bits per heavy atom. The van der Waals surface area contributed by atoms with Crippen LogP contribution in [-0.4, -0.2) is 87.5 Å². The second kappa shape index (κ2) is 40.9. The molecule has 1 aliphatic heterocycles. The van der Waals surface area contributed by atoms with Crippen molar-refractivity contribution in [3.63, 3.8) is 0 Å². The van der Waals surface area contributed by atoms with E-state index >= 15 is 0 Å². The van der Waals surface area contributed by atoms with Crippen molar-refractivity contribution in [2.45, 2.75) is 243 Å². The lowest BCUT2D eigenvalue weighted by molar-refractivity contribution is -0.302. The average molecular weight is 846 g/mol. The normalized spacial score (nSPS) is 21.1. The Morgan fingerprint density at radius 3 is 1.50 bits per heavy atom. The van der Waals surface area contributed by atoms with Crippen LogP contribution in [0.5, 0.6) is 0 Å². The van der Waals surface area contributed by atoms with Crippen LogP contribution in [0.25, 0.3) is 0 Å². The van der Waals surface area contributed by atoms with E-state index in [1.54, 1.807) is 6.08 Å². The van der Waals surface area contributed by atoms with Crippen LogP contribution >= 0.6 is 0 Å². The van der Waals surface area contributed by atoms with Gasteiger partial charge in [0.15, 0.2) is 6.29 Å². The molecule has 1 heterocycles. The molecule has 0 aromatic carbocycles. The predicted molar refractivity (Wildman–Crippen MR) is 249 cm³/mol. The summed E-state index contributed by atoms with van der Waals surface area (Å²) in [6.45, 7) is 3.61. The lowest BCUT2D eigenvalue weighted by atomic mass is 9.99. The van der Waals surface area contributed by atoms with Gasteiger partial charge in [-0.1, -0.05) is 209 Å². The third kappa shape index (κ3) is 30.8. The number of carbonyl (C=O) groups excluding carboxylic acids is 1. The van der Waals surface area contributed by atoms with Gasteiger partial charge in [-0.2, -0.15) is 0 Å². The van der Waals surface area contributed by atoms with Crippen LogP contribution in [0.4, 0.5) is 0 Å². The molecule has 0 aliphatic carbocycles. The lowest BCUT2D eigenvalue weighted by Crippen LogP contribution is -2.60. The first-order valence-electron chi connectivity index (χ1n) is 24.5. The zero-order valence-corrected chi connectivity index (χ0v) is 38.2. The highest BCUT2D eigenvalue weighted by atomic mass is 16.7. The zero-order chi connectivity index (χ0) is 43.7. The fourth-order valence-corrected chi connectivity index (χ4v) is 7.46. The summed E-state index contributed by atoms with van der Waals surface area (Å²) >= 11 is 0. The topological polar surface area (TPSA) is 149 Å². The van der Waals surface area contributed by atoms with Gasteiger partial charge in [0.25, 0.3) is 0 Å². The average Bonchev–Trinajstić information content (AvgIpc) is 3.25. The minimum absolute atomic E-state index is 0.219. The predicted octanol–water partition coefficient (Wildman–Crippen LogP) is 10.8. The standard InChI is InChI=1S/C51H91NO8/c1-3-5-7-9-11-13-15-17-18-19-20-21-22-23-24-25-26-27-29-30-32-34-36-38-40-45(54)44(43-59-51-50(58)49(57)48(56)46(42-53)60-51)52-47(55)41-39-37-35-33-31-28-16-14-12-10-8-6-4-2/h6,8,12,14,28,31,35,37-38,40,44-46,48-51,53-54,56-58H,3-5,7,9-11,13,15-27,29-30,32-34,36,39,41-43H2,1-2H3,(H,52,55)/b8-6-,14-12-,31-28-,37-35-,40-38+. The van der Waals surface area contributed by atoms with Crippen molar-refractivity contribution in [3.8, 4) is 0 Å². The van der Waals surface area contributed by atoms with Crippen molar-refractivity contribution < 1.29 is 39.8 Å². The van der Waals surface area contributed by atoms with Crippen molar-refractivity contribution in [1.82, 2.24) is 5.32 Å². The second-order valence-electron chi connectivity index (χ2n) is 16.9. The molecule has 0 radical (unpaired) electrons. The number of nitrogens with one attached hydrogen (secondary N) is 1. The second-order valence-corrected chi connectivity index (χ2v) is 16.9. The van der Waals surface area contributed by atoms with E-state index in [0.717, 1.165) is 44.9 Å². The smallest absolute Gasteiger partial charge is 0.220 e. The number of unbranched alkanes of at least 4 members (excludes halogenated alkanes) is 22. The van der Waals surface area contributed by atoms with Crippen molar-refractivity contribution in [3.05, 3.63) is 60.8 Å². The van der Waals surface area contributed by atoms with Crippen LogP contribution in [0, 0.1) is 0 Å². The van der Waals surface area contributed by atoms with Crippen LogP contribution < -0.4 is 5.32 Å². The number of rotatable bonds is 40. The largest absolute Gasteiger partial charge is 0.394 e. The van der Waals surface area contributed by atoms with Gasteiger partial charge in [0, 0.05) is 6.42 Å². The molecule has 0 bridgehead atoms. The monoisotopic (exact) mass is 846 g/mol. The molecule has 6 N–H and O–H groups in total. The van der Waals surface area contributed by atoms with Gasteiger partial charge in [-0.15, -0.1) is 0 Å². The van der Waals surface area contributed by atoms with Gasteiger partial charge in [0.2, 0.25) is 5.91 Å². The van der Waals surface area contributed by atoms with E-state index < -0.39 is 49.5 Å². The maximum absolute atomic E-state index is 12.9. The molecular formula is C51H91NO8. The number of carbonyl (C=O) groups is 1. The number of ether oxygens (including phenoxy) is 2.